The Labute approximate surface area is 178 Å². The van der Waals surface area contributed by atoms with Crippen LogP contribution >= 0.6 is 0 Å². The highest BCUT2D eigenvalue weighted by atomic mass is 32.2. The van der Waals surface area contributed by atoms with Gasteiger partial charge in [0.2, 0.25) is 0 Å². The van der Waals surface area contributed by atoms with Gasteiger partial charge in [-0.1, -0.05) is 12.6 Å². The lowest BCUT2D eigenvalue weighted by Gasteiger charge is -2.00. The molecule has 0 atom stereocenters. The summed E-state index contributed by atoms with van der Waals surface area (Å²) in [6, 6.07) is 0. The van der Waals surface area contributed by atoms with E-state index in [0.717, 1.165) is 19.1 Å². The number of rotatable bonds is 13. The molecule has 0 spiro atoms. The minimum atomic E-state index is -3.11. The topological polar surface area (TPSA) is 231 Å². The molecule has 0 aliphatic heterocycles. The Balaban J connectivity index is -0.000000168. The molecule has 174 valence electrons. The maximum Gasteiger partial charge on any atom is 0.425 e. The Bertz CT molecular complexity index is 572. The summed E-state index contributed by atoms with van der Waals surface area (Å²) in [5.41, 5.74) is 3.96. The highest BCUT2D eigenvalue weighted by Crippen LogP contribution is 1.97. The summed E-state index contributed by atoms with van der Waals surface area (Å²) < 4.78 is 55.4. The van der Waals surface area contributed by atoms with Crippen molar-refractivity contribution in [3.8, 4) is 0 Å². The van der Waals surface area contributed by atoms with Crippen LogP contribution in [0.4, 0.5) is 0 Å². The van der Waals surface area contributed by atoms with Crippen molar-refractivity contribution in [3.63, 3.8) is 0 Å². The van der Waals surface area contributed by atoms with E-state index in [9.17, 15) is 9.59 Å². The summed E-state index contributed by atoms with van der Waals surface area (Å²) >= 11 is 0. The Kier molecular flexibility index (Phi) is 37.8. The minimum absolute atomic E-state index is 0.150. The summed E-state index contributed by atoms with van der Waals surface area (Å²) in [4.78, 5) is 20.7. The number of hydrogen-bond donors (Lipinski definition) is 5. The summed E-state index contributed by atoms with van der Waals surface area (Å²) in [5.74, 6) is -0.923. The molecule has 0 amide bonds. The number of hydroxylamine groups is 2. The first-order valence-corrected chi connectivity index (χ1v) is 10.3. The zero-order valence-electron chi connectivity index (χ0n) is 16.4. The SMILES string of the molecule is CCOC(=O)CCC[B]CNO.O=C(O)CCC[B]CNO.O=S(=O)=O.O=S(=O)=O. The van der Waals surface area contributed by atoms with Gasteiger partial charge < -0.3 is 20.3 Å². The van der Waals surface area contributed by atoms with Crippen molar-refractivity contribution in [1.82, 2.24) is 11.0 Å². The molecule has 0 heterocycles. The first-order valence-electron chi connectivity index (χ1n) is 8.33. The minimum Gasteiger partial charge on any atom is -0.481 e. The molecule has 2 radical (unpaired) electrons. The average molecular weight is 476 g/mol. The lowest BCUT2D eigenvalue weighted by atomic mass is 9.73. The van der Waals surface area contributed by atoms with Crippen LogP contribution in [0, 0.1) is 0 Å². The van der Waals surface area contributed by atoms with Gasteiger partial charge in [0, 0.05) is 12.8 Å². The average Bonchev–Trinajstić information content (AvgIpc) is 2.61. The molecule has 0 rings (SSSR count). The molecule has 0 saturated heterocycles. The van der Waals surface area contributed by atoms with Crippen LogP contribution in [0.3, 0.4) is 0 Å². The van der Waals surface area contributed by atoms with E-state index in [1.807, 2.05) is 18.2 Å². The molecule has 0 aromatic rings. The van der Waals surface area contributed by atoms with Gasteiger partial charge in [-0.05, 0) is 32.7 Å². The van der Waals surface area contributed by atoms with Crippen LogP contribution in [0.1, 0.15) is 32.6 Å². The zero-order valence-corrected chi connectivity index (χ0v) is 18.0. The van der Waals surface area contributed by atoms with Crippen LogP contribution in [0.25, 0.3) is 0 Å². The number of carbonyl (C=O) groups is 2. The van der Waals surface area contributed by atoms with E-state index in [1.54, 1.807) is 14.2 Å². The van der Waals surface area contributed by atoms with E-state index in [1.165, 1.54) is 0 Å². The molecule has 18 heteroatoms. The fraction of sp³-hybridized carbons (Fsp3) is 0.833. The van der Waals surface area contributed by atoms with Crippen molar-refractivity contribution in [3.05, 3.63) is 0 Å². The van der Waals surface area contributed by atoms with Crippen LogP contribution < -0.4 is 11.0 Å². The summed E-state index contributed by atoms with van der Waals surface area (Å²) in [5, 5.41) is 24.5. The molecular formula is C12H26B2N2O12S2. The molecule has 5 N–H and O–H groups in total. The summed E-state index contributed by atoms with van der Waals surface area (Å²) in [7, 11) is -2.55. The molecule has 0 saturated carbocycles. The van der Waals surface area contributed by atoms with Crippen molar-refractivity contribution in [2.45, 2.75) is 45.2 Å². The second-order valence-corrected chi connectivity index (χ2v) is 5.51. The molecule has 0 aliphatic rings. The van der Waals surface area contributed by atoms with E-state index < -0.39 is 27.2 Å². The first kappa shape index (κ1) is 35.6. The maximum atomic E-state index is 10.8. The molecule has 0 bridgehead atoms. The molecule has 0 aromatic heterocycles. The number of carboxylic acids is 1. The van der Waals surface area contributed by atoms with E-state index in [0.29, 0.717) is 32.3 Å². The summed E-state index contributed by atoms with van der Waals surface area (Å²) in [6.07, 6.45) is 4.48. The van der Waals surface area contributed by atoms with E-state index in [2.05, 4.69) is 0 Å². The van der Waals surface area contributed by atoms with Crippen molar-refractivity contribution < 1.29 is 55.1 Å². The monoisotopic (exact) mass is 476 g/mol. The van der Waals surface area contributed by atoms with Crippen LogP contribution in [0.2, 0.25) is 12.6 Å². The lowest BCUT2D eigenvalue weighted by molar-refractivity contribution is -0.143. The predicted molar refractivity (Wildman–Crippen MR) is 103 cm³/mol. The molecule has 0 aliphatic carbocycles. The van der Waals surface area contributed by atoms with E-state index >= 15 is 0 Å². The second-order valence-electron chi connectivity index (χ2n) is 4.69. The number of ether oxygens (including phenoxy) is 1. The summed E-state index contributed by atoms with van der Waals surface area (Å²) in [6.45, 7) is 2.24. The van der Waals surface area contributed by atoms with Gasteiger partial charge in [0.05, 0.1) is 6.61 Å². The van der Waals surface area contributed by atoms with Gasteiger partial charge >= 0.3 is 33.2 Å². The molecular weight excluding hydrogens is 450 g/mol. The fourth-order valence-corrected chi connectivity index (χ4v) is 1.35. The molecule has 0 aromatic carbocycles. The van der Waals surface area contributed by atoms with Crippen molar-refractivity contribution in [2.24, 2.45) is 0 Å². The predicted octanol–water partition coefficient (Wildman–Crippen LogP) is -1.71. The van der Waals surface area contributed by atoms with Crippen molar-refractivity contribution in [1.29, 1.82) is 0 Å². The number of nitrogens with one attached hydrogen (secondary N) is 2. The van der Waals surface area contributed by atoms with Gasteiger partial charge in [-0.25, -0.2) is 11.0 Å². The van der Waals surface area contributed by atoms with Crippen molar-refractivity contribution >= 4 is 47.7 Å². The van der Waals surface area contributed by atoms with E-state index in [4.69, 9.17) is 45.5 Å². The lowest BCUT2D eigenvalue weighted by Crippen LogP contribution is -2.15. The number of esters is 1. The standard InChI is InChI=1S/C7H15BNO3.C5H11BNO3.2O3S/c1-2-12-7(10)4-3-5-8-6-9-11;8-5(9)2-1-3-6-4-7-10;2*1-4(2)3/h9,11H,2-6H2,1H3;7,10H,1-4H2,(H,8,9);;. The smallest absolute Gasteiger partial charge is 0.425 e. The number of hydrogen-bond acceptors (Lipinski definition) is 13. The Morgan fingerprint density at radius 2 is 1.20 bits per heavy atom. The first-order chi connectivity index (χ1) is 14.0. The largest absolute Gasteiger partial charge is 0.481 e. The van der Waals surface area contributed by atoms with Gasteiger partial charge in [0.25, 0.3) is 0 Å². The van der Waals surface area contributed by atoms with Gasteiger partial charge in [0.15, 0.2) is 0 Å². The third-order valence-corrected chi connectivity index (χ3v) is 2.36. The van der Waals surface area contributed by atoms with Gasteiger partial charge in [-0.15, -0.1) is 25.3 Å². The third-order valence-electron chi connectivity index (χ3n) is 2.36. The van der Waals surface area contributed by atoms with Gasteiger partial charge in [-0.3, -0.25) is 9.59 Å². The van der Waals surface area contributed by atoms with Gasteiger partial charge in [-0.2, -0.15) is 0 Å². The Morgan fingerprint density at radius 1 is 0.833 bits per heavy atom. The van der Waals surface area contributed by atoms with E-state index in [-0.39, 0.29) is 12.4 Å². The Morgan fingerprint density at radius 3 is 1.50 bits per heavy atom. The zero-order chi connectivity index (χ0) is 24.2. The van der Waals surface area contributed by atoms with Crippen LogP contribution in [0.5, 0.6) is 0 Å². The molecule has 30 heavy (non-hydrogen) atoms. The quantitative estimate of drug-likeness (QED) is 0.0863. The number of carbonyl (C=O) groups excluding carboxylic acids is 1. The Hall–Kier alpha value is -1.85. The third kappa shape index (κ3) is 72.1. The number of carboxylic acid groups (broad SMARTS) is 1. The molecule has 0 fully saturated rings. The van der Waals surface area contributed by atoms with Gasteiger partial charge in [0.1, 0.15) is 14.6 Å². The van der Waals surface area contributed by atoms with Crippen LogP contribution in [0.15, 0.2) is 0 Å². The highest BCUT2D eigenvalue weighted by molar-refractivity contribution is 7.59. The van der Waals surface area contributed by atoms with Crippen molar-refractivity contribution in [2.75, 3.05) is 19.5 Å². The van der Waals surface area contributed by atoms with Crippen LogP contribution in [-0.4, -0.2) is 86.8 Å². The molecule has 0 unspecified atom stereocenters. The highest BCUT2D eigenvalue weighted by Gasteiger charge is 2.00. The maximum absolute atomic E-state index is 10.8. The van der Waals surface area contributed by atoms with Crippen LogP contribution in [-0.2, 0) is 35.5 Å². The second kappa shape index (κ2) is 31.8. The number of aliphatic carboxylic acids is 1. The normalized spacial score (nSPS) is 8.50. The fourth-order valence-electron chi connectivity index (χ4n) is 1.35. The molecule has 14 nitrogen and oxygen atoms in total.